The van der Waals surface area contributed by atoms with Gasteiger partial charge in [0.15, 0.2) is 0 Å². The number of allylic oxidation sites excluding steroid dienone is 2. The first kappa shape index (κ1) is 10.4. The fraction of sp³-hybridized carbons (Fsp3) is 0.571. The quantitative estimate of drug-likeness (QED) is 0.275. The molecule has 4 heteroatoms. The third kappa shape index (κ3) is 3.98. The van der Waals surface area contributed by atoms with Gasteiger partial charge >= 0.3 is 0 Å². The summed E-state index contributed by atoms with van der Waals surface area (Å²) < 4.78 is 12.3. The van der Waals surface area contributed by atoms with Crippen molar-refractivity contribution in [3.05, 3.63) is 11.8 Å². The van der Waals surface area contributed by atoms with Gasteiger partial charge in [0.25, 0.3) is 0 Å². The minimum atomic E-state index is -0.139. The molecular formula is C7H12ClFN2. The van der Waals surface area contributed by atoms with E-state index in [1.165, 1.54) is 7.05 Å². The first-order valence-corrected chi connectivity index (χ1v) is 3.78. The molecule has 0 N–H and O–H groups in total. The lowest BCUT2D eigenvalue weighted by Crippen LogP contribution is -2.10. The van der Waals surface area contributed by atoms with Crippen molar-refractivity contribution in [2.24, 2.45) is 4.99 Å². The second kappa shape index (κ2) is 5.13. The van der Waals surface area contributed by atoms with Crippen LogP contribution in [0, 0.1) is 0 Å². The van der Waals surface area contributed by atoms with E-state index in [9.17, 15) is 4.48 Å². The summed E-state index contributed by atoms with van der Waals surface area (Å²) in [7, 11) is 1.20. The van der Waals surface area contributed by atoms with Crippen LogP contribution >= 0.6 is 11.6 Å². The fourth-order valence-electron chi connectivity index (χ4n) is 0.535. The summed E-state index contributed by atoms with van der Waals surface area (Å²) in [5.74, 6) is 0. The summed E-state index contributed by atoms with van der Waals surface area (Å²) >= 11 is 5.43. The number of hydrogen-bond donors (Lipinski definition) is 0. The third-order valence-electron chi connectivity index (χ3n) is 1.19. The lowest BCUT2D eigenvalue weighted by molar-refractivity contribution is 0.166. The van der Waals surface area contributed by atoms with Crippen molar-refractivity contribution >= 4 is 16.9 Å². The largest absolute Gasteiger partial charge is 0.226 e. The molecule has 2 nitrogen and oxygen atoms in total. The summed E-state index contributed by atoms with van der Waals surface area (Å²) in [6, 6.07) is 0. The highest BCUT2D eigenvalue weighted by molar-refractivity contribution is 6.64. The van der Waals surface area contributed by atoms with Gasteiger partial charge in [0.05, 0.1) is 0 Å². The average Bonchev–Trinajstić information content (AvgIpc) is 1.99. The predicted molar refractivity (Wildman–Crippen MR) is 46.2 cm³/mol. The van der Waals surface area contributed by atoms with Gasteiger partial charge in [0, 0.05) is 12.7 Å². The van der Waals surface area contributed by atoms with Gasteiger partial charge in [-0.05, 0) is 24.9 Å². The van der Waals surface area contributed by atoms with Gasteiger partial charge in [-0.15, -0.1) is 0 Å². The zero-order chi connectivity index (χ0) is 8.85. The molecule has 0 radical (unpaired) electrons. The maximum atomic E-state index is 12.3. The van der Waals surface area contributed by atoms with Crippen molar-refractivity contribution in [2.45, 2.75) is 20.3 Å². The predicted octanol–water partition coefficient (Wildman–Crippen LogP) is 2.71. The Bertz CT molecular complexity index is 175. The Morgan fingerprint density at radius 2 is 2.27 bits per heavy atom. The Morgan fingerprint density at radius 3 is 2.55 bits per heavy atom. The molecule has 0 amide bonds. The van der Waals surface area contributed by atoms with E-state index in [1.54, 1.807) is 6.08 Å². The van der Waals surface area contributed by atoms with Crippen molar-refractivity contribution < 1.29 is 4.48 Å². The number of hydrogen-bond acceptors (Lipinski definition) is 1. The molecule has 0 aromatic heterocycles. The molecule has 11 heavy (non-hydrogen) atoms. The van der Waals surface area contributed by atoms with Gasteiger partial charge in [-0.25, -0.2) is 4.99 Å². The number of aliphatic imine (C=N–C) groups is 1. The van der Waals surface area contributed by atoms with Gasteiger partial charge in [0.2, 0.25) is 5.29 Å². The number of amidine groups is 1. The summed E-state index contributed by atoms with van der Waals surface area (Å²) in [5.41, 5.74) is 0.777. The van der Waals surface area contributed by atoms with Crippen LogP contribution in [-0.2, 0) is 0 Å². The molecule has 0 aromatic carbocycles. The van der Waals surface area contributed by atoms with Gasteiger partial charge in [0.1, 0.15) is 0 Å². The maximum Gasteiger partial charge on any atom is 0.226 e. The molecule has 0 rings (SSSR count). The van der Waals surface area contributed by atoms with Crippen molar-refractivity contribution in [1.29, 1.82) is 0 Å². The summed E-state index contributed by atoms with van der Waals surface area (Å²) in [6.07, 6.45) is 2.55. The molecule has 0 saturated heterocycles. The number of nitrogens with zero attached hydrogens (tertiary/aromatic N) is 2. The molecule has 0 unspecified atom stereocenters. The highest BCUT2D eigenvalue weighted by Crippen LogP contribution is 2.05. The van der Waals surface area contributed by atoms with Crippen LogP contribution in [0.15, 0.2) is 16.8 Å². The molecule has 0 aliphatic carbocycles. The van der Waals surface area contributed by atoms with Crippen LogP contribution < -0.4 is 0 Å². The first-order chi connectivity index (χ1) is 5.11. The highest BCUT2D eigenvalue weighted by Gasteiger charge is 1.99. The third-order valence-corrected chi connectivity index (χ3v) is 1.50. The van der Waals surface area contributed by atoms with Crippen LogP contribution in [0.5, 0.6) is 0 Å². The standard InChI is InChI=1S/C7H12ClFN2/c1-4-6(5-2)10-7(8)11(3)9/h4H,5H2,1-3H3/b6-4+,10-7?. The molecule has 0 aliphatic heterocycles. The zero-order valence-electron chi connectivity index (χ0n) is 6.93. The molecule has 0 spiro atoms. The van der Waals surface area contributed by atoms with Gasteiger partial charge < -0.3 is 0 Å². The Morgan fingerprint density at radius 1 is 1.73 bits per heavy atom. The Kier molecular flexibility index (Phi) is 4.86. The maximum absolute atomic E-state index is 12.3. The van der Waals surface area contributed by atoms with Crippen LogP contribution in [0.3, 0.4) is 0 Å². The Hall–Kier alpha value is -0.570. The first-order valence-electron chi connectivity index (χ1n) is 3.40. The van der Waals surface area contributed by atoms with Crippen LogP contribution in [0.1, 0.15) is 20.3 Å². The van der Waals surface area contributed by atoms with E-state index in [0.717, 1.165) is 12.1 Å². The smallest absolute Gasteiger partial charge is 0.223 e. The fourth-order valence-corrected chi connectivity index (χ4v) is 0.644. The Labute approximate surface area is 71.3 Å². The second-order valence-corrected chi connectivity index (χ2v) is 2.33. The van der Waals surface area contributed by atoms with Crippen LogP contribution in [-0.4, -0.2) is 17.5 Å². The molecule has 64 valence electrons. The average molecular weight is 179 g/mol. The molecule has 0 atom stereocenters. The molecule has 0 saturated carbocycles. The molecule has 0 bridgehead atoms. The zero-order valence-corrected chi connectivity index (χ0v) is 7.69. The monoisotopic (exact) mass is 178 g/mol. The topological polar surface area (TPSA) is 15.6 Å². The molecule has 0 aromatic rings. The minimum absolute atomic E-state index is 0.139. The van der Waals surface area contributed by atoms with E-state index in [0.29, 0.717) is 0 Å². The summed E-state index contributed by atoms with van der Waals surface area (Å²) in [6.45, 7) is 3.77. The van der Waals surface area contributed by atoms with Gasteiger partial charge in [-0.3, -0.25) is 0 Å². The van der Waals surface area contributed by atoms with E-state index in [-0.39, 0.29) is 10.4 Å². The van der Waals surface area contributed by atoms with E-state index >= 15 is 0 Å². The van der Waals surface area contributed by atoms with Crippen LogP contribution in [0.4, 0.5) is 4.48 Å². The van der Waals surface area contributed by atoms with E-state index in [4.69, 9.17) is 11.6 Å². The molecule has 0 aliphatic rings. The van der Waals surface area contributed by atoms with Crippen LogP contribution in [0.25, 0.3) is 0 Å². The summed E-state index contributed by atoms with van der Waals surface area (Å²) in [4.78, 5) is 3.81. The van der Waals surface area contributed by atoms with Gasteiger partial charge in [-0.2, -0.15) is 5.12 Å². The van der Waals surface area contributed by atoms with Crippen molar-refractivity contribution in [1.82, 2.24) is 5.12 Å². The molecule has 0 fully saturated rings. The molecule has 0 heterocycles. The van der Waals surface area contributed by atoms with E-state index in [2.05, 4.69) is 4.99 Å². The van der Waals surface area contributed by atoms with Gasteiger partial charge in [-0.1, -0.05) is 17.5 Å². The summed E-state index contributed by atoms with van der Waals surface area (Å²) in [5, 5.41) is 0.140. The number of halogens is 2. The molecular weight excluding hydrogens is 167 g/mol. The lowest BCUT2D eigenvalue weighted by Gasteiger charge is -2.03. The Balaban J connectivity index is 4.28. The SMILES string of the molecule is C/C=C(\CC)N=C(Cl)N(C)F. The lowest BCUT2D eigenvalue weighted by atomic mass is 10.3. The van der Waals surface area contributed by atoms with Crippen LogP contribution in [0.2, 0.25) is 0 Å². The number of rotatable bonds is 2. The minimum Gasteiger partial charge on any atom is -0.223 e. The van der Waals surface area contributed by atoms with E-state index < -0.39 is 0 Å². The van der Waals surface area contributed by atoms with Crippen molar-refractivity contribution in [3.63, 3.8) is 0 Å². The normalized spacial score (nSPS) is 13.5. The van der Waals surface area contributed by atoms with Crippen molar-refractivity contribution in [3.8, 4) is 0 Å². The highest BCUT2D eigenvalue weighted by atomic mass is 35.5. The second-order valence-electron chi connectivity index (χ2n) is 1.99. The van der Waals surface area contributed by atoms with Crippen molar-refractivity contribution in [2.75, 3.05) is 7.05 Å². The van der Waals surface area contributed by atoms with E-state index in [1.807, 2.05) is 13.8 Å².